The molecule has 0 heterocycles. The summed E-state index contributed by atoms with van der Waals surface area (Å²) in [5.74, 6) is 0.256. The first-order valence-electron chi connectivity index (χ1n) is 7.05. The van der Waals surface area contributed by atoms with Gasteiger partial charge >= 0.3 is 0 Å². The van der Waals surface area contributed by atoms with Gasteiger partial charge in [-0.3, -0.25) is 4.79 Å². The van der Waals surface area contributed by atoms with Gasteiger partial charge in [0.2, 0.25) is 5.91 Å². The largest absolute Gasteiger partial charge is 0.370 e. The Labute approximate surface area is 129 Å². The summed E-state index contributed by atoms with van der Waals surface area (Å²) in [6.45, 7) is 0. The minimum Gasteiger partial charge on any atom is -0.370 e. The van der Waals surface area contributed by atoms with E-state index in [9.17, 15) is 4.79 Å². The van der Waals surface area contributed by atoms with Crippen LogP contribution in [0, 0.1) is 0 Å². The zero-order valence-electron chi connectivity index (χ0n) is 11.6. The molecule has 2 aromatic carbocycles. The zero-order valence-corrected chi connectivity index (χ0v) is 12.3. The lowest BCUT2D eigenvalue weighted by Gasteiger charge is -2.18. The maximum Gasteiger partial charge on any atom is 0.244 e. The van der Waals surface area contributed by atoms with Crippen molar-refractivity contribution in [3.05, 3.63) is 64.7 Å². The quantitative estimate of drug-likeness (QED) is 0.881. The molecule has 0 aromatic heterocycles. The number of amides is 1. The zero-order chi connectivity index (χ0) is 14.8. The Morgan fingerprint density at radius 2 is 1.90 bits per heavy atom. The summed E-state index contributed by atoms with van der Waals surface area (Å²) in [4.78, 5) is 11.8. The van der Waals surface area contributed by atoms with Gasteiger partial charge in [-0.25, -0.2) is 0 Å². The van der Waals surface area contributed by atoms with Crippen LogP contribution in [0.4, 0.5) is 5.69 Å². The molecule has 1 unspecified atom stereocenters. The Morgan fingerprint density at radius 1 is 1.19 bits per heavy atom. The second kappa shape index (κ2) is 5.78. The lowest BCUT2D eigenvalue weighted by atomic mass is 10.0. The maximum absolute atomic E-state index is 11.8. The van der Waals surface area contributed by atoms with E-state index in [0.717, 1.165) is 11.3 Å². The van der Waals surface area contributed by atoms with Gasteiger partial charge in [0.15, 0.2) is 0 Å². The van der Waals surface area contributed by atoms with Crippen molar-refractivity contribution in [1.29, 1.82) is 0 Å². The number of anilines is 1. The Kier molecular flexibility index (Phi) is 3.84. The van der Waals surface area contributed by atoms with Gasteiger partial charge in [0.1, 0.15) is 6.04 Å². The number of halogens is 1. The van der Waals surface area contributed by atoms with E-state index in [0.29, 0.717) is 10.9 Å². The number of nitrogens with two attached hydrogens (primary N) is 1. The van der Waals surface area contributed by atoms with Gasteiger partial charge in [-0.15, -0.1) is 0 Å². The number of hydrogen-bond acceptors (Lipinski definition) is 2. The SMILES string of the molecule is NC(=O)C(Nc1ccc(Cl)cc1)c1cccc(C2CC2)c1. The standard InChI is InChI=1S/C17H17ClN2O/c18-14-6-8-15(9-7-14)20-16(17(19)21)13-3-1-2-12(10-13)11-4-5-11/h1-3,6-11,16,20H,4-5H2,(H2,19,21). The Morgan fingerprint density at radius 3 is 2.52 bits per heavy atom. The molecule has 1 atom stereocenters. The van der Waals surface area contributed by atoms with Crippen molar-refractivity contribution in [3.8, 4) is 0 Å². The molecule has 0 spiro atoms. The lowest BCUT2D eigenvalue weighted by Crippen LogP contribution is -2.27. The molecule has 0 radical (unpaired) electrons. The van der Waals surface area contributed by atoms with E-state index >= 15 is 0 Å². The molecule has 1 saturated carbocycles. The monoisotopic (exact) mass is 300 g/mol. The fourth-order valence-corrected chi connectivity index (χ4v) is 2.57. The highest BCUT2D eigenvalue weighted by atomic mass is 35.5. The first kappa shape index (κ1) is 14.0. The molecule has 1 aliphatic carbocycles. The Hall–Kier alpha value is -2.00. The van der Waals surface area contributed by atoms with Crippen LogP contribution in [0.2, 0.25) is 5.02 Å². The van der Waals surface area contributed by atoms with Crippen LogP contribution in [0.25, 0.3) is 0 Å². The van der Waals surface area contributed by atoms with Crippen molar-refractivity contribution < 1.29 is 4.79 Å². The van der Waals surface area contributed by atoms with E-state index in [-0.39, 0.29) is 0 Å². The van der Waals surface area contributed by atoms with Gasteiger partial charge in [-0.1, -0.05) is 35.9 Å². The summed E-state index contributed by atoms with van der Waals surface area (Å²) in [5.41, 5.74) is 8.57. The van der Waals surface area contributed by atoms with Crippen molar-refractivity contribution >= 4 is 23.2 Å². The van der Waals surface area contributed by atoms with E-state index in [2.05, 4.69) is 17.4 Å². The number of carbonyl (C=O) groups excluding carboxylic acids is 1. The molecule has 0 saturated heterocycles. The topological polar surface area (TPSA) is 55.1 Å². The van der Waals surface area contributed by atoms with Gasteiger partial charge < -0.3 is 11.1 Å². The highest BCUT2D eigenvalue weighted by Crippen LogP contribution is 2.40. The van der Waals surface area contributed by atoms with Gasteiger partial charge in [0.25, 0.3) is 0 Å². The Bertz CT molecular complexity index is 650. The lowest BCUT2D eigenvalue weighted by molar-refractivity contribution is -0.118. The third kappa shape index (κ3) is 3.37. The molecular formula is C17H17ClN2O. The van der Waals surface area contributed by atoms with Gasteiger partial charge in [-0.2, -0.15) is 0 Å². The van der Waals surface area contributed by atoms with Crippen molar-refractivity contribution in [2.75, 3.05) is 5.32 Å². The summed E-state index contributed by atoms with van der Waals surface area (Å²) in [7, 11) is 0. The molecule has 1 fully saturated rings. The van der Waals surface area contributed by atoms with Crippen molar-refractivity contribution in [2.24, 2.45) is 5.73 Å². The summed E-state index contributed by atoms with van der Waals surface area (Å²) in [6, 6.07) is 14.8. The summed E-state index contributed by atoms with van der Waals surface area (Å²) in [6.07, 6.45) is 2.46. The van der Waals surface area contributed by atoms with Crippen LogP contribution in [-0.4, -0.2) is 5.91 Å². The summed E-state index contributed by atoms with van der Waals surface area (Å²) in [5, 5.41) is 3.83. The number of primary amides is 1. The highest BCUT2D eigenvalue weighted by Gasteiger charge is 2.25. The van der Waals surface area contributed by atoms with Crippen molar-refractivity contribution in [1.82, 2.24) is 0 Å². The number of nitrogens with one attached hydrogen (secondary N) is 1. The van der Waals surface area contributed by atoms with Crippen LogP contribution in [0.1, 0.15) is 35.9 Å². The predicted molar refractivity (Wildman–Crippen MR) is 85.4 cm³/mol. The smallest absolute Gasteiger partial charge is 0.244 e. The second-order valence-corrected chi connectivity index (χ2v) is 5.87. The van der Waals surface area contributed by atoms with Crippen LogP contribution in [0.3, 0.4) is 0 Å². The number of rotatable bonds is 5. The molecule has 4 heteroatoms. The molecule has 2 aromatic rings. The normalized spacial score (nSPS) is 15.5. The Balaban J connectivity index is 1.85. The van der Waals surface area contributed by atoms with Gasteiger partial charge in [-0.05, 0) is 54.2 Å². The molecule has 0 bridgehead atoms. The van der Waals surface area contributed by atoms with Crippen molar-refractivity contribution in [2.45, 2.75) is 24.8 Å². The minimum atomic E-state index is -0.537. The van der Waals surface area contributed by atoms with Crippen LogP contribution in [0.5, 0.6) is 0 Å². The predicted octanol–water partition coefficient (Wildman–Crippen LogP) is 3.86. The van der Waals surface area contributed by atoms with E-state index in [1.807, 2.05) is 24.3 Å². The van der Waals surface area contributed by atoms with Crippen LogP contribution in [0.15, 0.2) is 48.5 Å². The average Bonchev–Trinajstić information content (AvgIpc) is 3.31. The molecule has 3 nitrogen and oxygen atoms in total. The van der Waals surface area contributed by atoms with E-state index in [1.54, 1.807) is 12.1 Å². The van der Waals surface area contributed by atoms with Crippen LogP contribution in [-0.2, 0) is 4.79 Å². The molecule has 3 rings (SSSR count). The molecule has 1 amide bonds. The fourth-order valence-electron chi connectivity index (χ4n) is 2.44. The number of benzene rings is 2. The van der Waals surface area contributed by atoms with E-state index in [1.165, 1.54) is 18.4 Å². The minimum absolute atomic E-state index is 0.391. The van der Waals surface area contributed by atoms with E-state index < -0.39 is 11.9 Å². The van der Waals surface area contributed by atoms with Crippen LogP contribution >= 0.6 is 11.6 Å². The second-order valence-electron chi connectivity index (χ2n) is 5.43. The molecule has 21 heavy (non-hydrogen) atoms. The molecule has 1 aliphatic rings. The third-order valence-electron chi connectivity index (χ3n) is 3.73. The van der Waals surface area contributed by atoms with E-state index in [4.69, 9.17) is 17.3 Å². The molecular weight excluding hydrogens is 284 g/mol. The third-order valence-corrected chi connectivity index (χ3v) is 3.98. The summed E-state index contributed by atoms with van der Waals surface area (Å²) < 4.78 is 0. The fraction of sp³-hybridized carbons (Fsp3) is 0.235. The molecule has 3 N–H and O–H groups in total. The molecule has 108 valence electrons. The maximum atomic E-state index is 11.8. The highest BCUT2D eigenvalue weighted by molar-refractivity contribution is 6.30. The van der Waals surface area contributed by atoms with Gasteiger partial charge in [0, 0.05) is 10.7 Å². The first-order valence-corrected chi connectivity index (χ1v) is 7.42. The van der Waals surface area contributed by atoms with Crippen LogP contribution < -0.4 is 11.1 Å². The number of hydrogen-bond donors (Lipinski definition) is 2. The first-order chi connectivity index (χ1) is 10.1. The average molecular weight is 301 g/mol. The van der Waals surface area contributed by atoms with Gasteiger partial charge in [0.05, 0.1) is 0 Å². The van der Waals surface area contributed by atoms with Crippen molar-refractivity contribution in [3.63, 3.8) is 0 Å². The molecule has 0 aliphatic heterocycles. The number of carbonyl (C=O) groups is 1. The summed E-state index contributed by atoms with van der Waals surface area (Å²) >= 11 is 5.87.